The molecule has 3 N–H and O–H groups in total. The first-order chi connectivity index (χ1) is 17.7. The van der Waals surface area contributed by atoms with Crippen LogP contribution in [0.4, 0.5) is 22.9 Å². The molecule has 0 aliphatic carbocycles. The first-order valence-corrected chi connectivity index (χ1v) is 12.4. The zero-order valence-corrected chi connectivity index (χ0v) is 21.0. The summed E-state index contributed by atoms with van der Waals surface area (Å²) in [5, 5.41) is 17.9. The van der Waals surface area contributed by atoms with Gasteiger partial charge in [-0.3, -0.25) is 19.4 Å². The molecule has 0 amide bonds. The van der Waals surface area contributed by atoms with Gasteiger partial charge in [-0.15, -0.1) is 0 Å². The largest absolute Gasteiger partial charge is 0.481 e. The zero-order chi connectivity index (χ0) is 26.3. The van der Waals surface area contributed by atoms with Crippen molar-refractivity contribution in [3.05, 3.63) is 80.5 Å². The zero-order valence-electron chi connectivity index (χ0n) is 21.0. The van der Waals surface area contributed by atoms with Gasteiger partial charge in [0.05, 0.1) is 12.5 Å². The van der Waals surface area contributed by atoms with E-state index in [9.17, 15) is 19.5 Å². The van der Waals surface area contributed by atoms with Crippen LogP contribution in [0.15, 0.2) is 58.4 Å². The summed E-state index contributed by atoms with van der Waals surface area (Å²) in [6.45, 7) is 6.00. The van der Waals surface area contributed by atoms with Crippen molar-refractivity contribution in [1.29, 1.82) is 0 Å². The summed E-state index contributed by atoms with van der Waals surface area (Å²) in [7, 11) is 0. The maximum atomic E-state index is 12.5. The number of benzene rings is 1. The Labute approximate surface area is 213 Å². The third-order valence-corrected chi connectivity index (χ3v) is 7.13. The van der Waals surface area contributed by atoms with E-state index >= 15 is 0 Å². The number of anilines is 4. The van der Waals surface area contributed by atoms with Gasteiger partial charge in [0.25, 0.3) is 10.9 Å². The first-order valence-electron chi connectivity index (χ1n) is 12.4. The van der Waals surface area contributed by atoms with E-state index in [4.69, 9.17) is 0 Å². The number of rotatable bonds is 8. The van der Waals surface area contributed by atoms with Crippen molar-refractivity contribution in [2.75, 3.05) is 15.5 Å². The van der Waals surface area contributed by atoms with E-state index in [0.29, 0.717) is 17.1 Å². The van der Waals surface area contributed by atoms with Gasteiger partial charge in [0.2, 0.25) is 0 Å². The summed E-state index contributed by atoms with van der Waals surface area (Å²) < 4.78 is 0. The minimum absolute atomic E-state index is 0.142. The number of hydrogen-bond acceptors (Lipinski definition) is 8. The lowest BCUT2D eigenvalue weighted by Crippen LogP contribution is -2.46. The first kappa shape index (κ1) is 24.4. The van der Waals surface area contributed by atoms with Gasteiger partial charge < -0.3 is 20.6 Å². The highest BCUT2D eigenvalue weighted by molar-refractivity contribution is 5.93. The van der Waals surface area contributed by atoms with Crippen LogP contribution in [0.3, 0.4) is 0 Å². The summed E-state index contributed by atoms with van der Waals surface area (Å²) >= 11 is 0. The summed E-state index contributed by atoms with van der Waals surface area (Å²) in [5.74, 6) is -0.330. The number of hydrogen-bond donors (Lipinski definition) is 3. The fourth-order valence-corrected chi connectivity index (χ4v) is 5.25. The van der Waals surface area contributed by atoms with Gasteiger partial charge in [-0.1, -0.05) is 12.1 Å². The van der Waals surface area contributed by atoms with Crippen molar-refractivity contribution in [2.45, 2.75) is 58.2 Å². The molecule has 0 spiro atoms. The molecule has 2 aromatic heterocycles. The molecule has 3 heterocycles. The van der Waals surface area contributed by atoms with Gasteiger partial charge in [0, 0.05) is 41.2 Å². The molecule has 3 atom stereocenters. The lowest BCUT2D eigenvalue weighted by atomic mass is 10.0. The average molecular weight is 500 g/mol. The van der Waals surface area contributed by atoms with Crippen LogP contribution >= 0.6 is 0 Å². The summed E-state index contributed by atoms with van der Waals surface area (Å²) in [6.07, 6.45) is 5.13. The Morgan fingerprint density at radius 1 is 1.11 bits per heavy atom. The number of pyridine rings is 2. The Balaban J connectivity index is 1.41. The number of carboxylic acid groups (broad SMARTS) is 1. The number of nitrogens with one attached hydrogen (secondary N) is 2. The molecule has 1 saturated heterocycles. The second-order valence-electron chi connectivity index (χ2n) is 9.82. The Bertz CT molecular complexity index is 1530. The highest BCUT2D eigenvalue weighted by Crippen LogP contribution is 2.35. The van der Waals surface area contributed by atoms with Crippen LogP contribution < -0.4 is 26.4 Å². The third-order valence-electron chi connectivity index (χ3n) is 7.13. The molecule has 0 bridgehead atoms. The van der Waals surface area contributed by atoms with Crippen molar-refractivity contribution in [3.8, 4) is 0 Å². The second kappa shape index (κ2) is 9.65. The highest BCUT2D eigenvalue weighted by Gasteiger charge is 2.36. The van der Waals surface area contributed by atoms with Crippen LogP contribution in [-0.2, 0) is 4.79 Å². The number of carboxylic acids is 1. The maximum absolute atomic E-state index is 12.5. The average Bonchev–Trinajstić information content (AvgIpc) is 3.20. The standard InChI is InChI=1S/C28H29N5O4/c1-15-12-19-10-11-29-14-21(19)28(30-15)31-20-8-6-18(7-9-20)22(13-23(34)35)32-24-25(27(37)26(24)36)33-16(2)4-5-17(33)3/h6-12,14,16-17,22,32H,4-5,13H2,1-3H3,(H,30,31)(H,34,35)/t16?,17?,22-/m0/s1. The lowest BCUT2D eigenvalue weighted by molar-refractivity contribution is -0.137. The van der Waals surface area contributed by atoms with Crippen molar-refractivity contribution >= 4 is 39.6 Å². The van der Waals surface area contributed by atoms with Gasteiger partial charge >= 0.3 is 5.97 Å². The number of aromatic nitrogens is 2. The summed E-state index contributed by atoms with van der Waals surface area (Å²) in [4.78, 5) is 47.5. The Morgan fingerprint density at radius 3 is 2.49 bits per heavy atom. The molecular weight excluding hydrogens is 470 g/mol. The van der Waals surface area contributed by atoms with Gasteiger partial charge in [-0.05, 0) is 68.8 Å². The number of nitrogens with zero attached hydrogens (tertiary/aromatic N) is 3. The molecule has 2 unspecified atom stereocenters. The third kappa shape index (κ3) is 4.64. The van der Waals surface area contributed by atoms with Gasteiger partial charge in [-0.2, -0.15) is 0 Å². The lowest BCUT2D eigenvalue weighted by Gasteiger charge is -2.32. The monoisotopic (exact) mass is 499 g/mol. The summed E-state index contributed by atoms with van der Waals surface area (Å²) in [5.41, 5.74) is 1.82. The van der Waals surface area contributed by atoms with Gasteiger partial charge in [0.15, 0.2) is 0 Å². The molecule has 5 rings (SSSR count). The van der Waals surface area contributed by atoms with Crippen LogP contribution in [0.25, 0.3) is 10.8 Å². The maximum Gasteiger partial charge on any atom is 0.305 e. The molecule has 190 valence electrons. The van der Waals surface area contributed by atoms with E-state index in [2.05, 4.69) is 20.6 Å². The quantitative estimate of drug-likeness (QED) is 0.305. The van der Waals surface area contributed by atoms with Crippen LogP contribution in [0.1, 0.15) is 50.4 Å². The topological polar surface area (TPSA) is 125 Å². The Kier molecular flexibility index (Phi) is 6.37. The molecule has 9 heteroatoms. The van der Waals surface area contributed by atoms with E-state index in [0.717, 1.165) is 35.0 Å². The van der Waals surface area contributed by atoms with Crippen molar-refractivity contribution in [1.82, 2.24) is 9.97 Å². The molecule has 1 aliphatic rings. The predicted octanol–water partition coefficient (Wildman–Crippen LogP) is 4.28. The van der Waals surface area contributed by atoms with Crippen molar-refractivity contribution in [3.63, 3.8) is 0 Å². The van der Waals surface area contributed by atoms with Crippen LogP contribution in [0.5, 0.6) is 0 Å². The van der Waals surface area contributed by atoms with E-state index in [1.54, 1.807) is 12.4 Å². The molecular formula is C28H29N5O4. The molecule has 0 radical (unpaired) electrons. The SMILES string of the molecule is Cc1cc2ccncc2c(Nc2ccc([C@H](CC(=O)O)Nc3c(N4C(C)CCC4C)c(=O)c3=O)cc2)n1. The second-order valence-corrected chi connectivity index (χ2v) is 9.82. The number of fused-ring (bicyclic) bond motifs is 1. The molecule has 1 fully saturated rings. The van der Waals surface area contributed by atoms with E-state index < -0.39 is 22.9 Å². The van der Waals surface area contributed by atoms with Gasteiger partial charge in [0.1, 0.15) is 17.2 Å². The minimum Gasteiger partial charge on any atom is -0.481 e. The molecule has 2 aromatic carbocycles. The molecule has 1 aliphatic heterocycles. The Morgan fingerprint density at radius 2 is 1.81 bits per heavy atom. The Hall–Kier alpha value is -4.27. The fourth-order valence-electron chi connectivity index (χ4n) is 5.25. The molecule has 37 heavy (non-hydrogen) atoms. The smallest absolute Gasteiger partial charge is 0.305 e. The minimum atomic E-state index is -1.01. The highest BCUT2D eigenvalue weighted by atomic mass is 16.4. The molecule has 0 saturated carbocycles. The van der Waals surface area contributed by atoms with Crippen LogP contribution in [-0.4, -0.2) is 33.1 Å². The van der Waals surface area contributed by atoms with E-state index in [1.165, 1.54) is 0 Å². The van der Waals surface area contributed by atoms with E-state index in [-0.39, 0.29) is 24.2 Å². The summed E-state index contributed by atoms with van der Waals surface area (Å²) in [6, 6.07) is 10.8. The number of carbonyl (C=O) groups is 1. The molecule has 9 nitrogen and oxygen atoms in total. The van der Waals surface area contributed by atoms with Gasteiger partial charge in [-0.25, -0.2) is 4.98 Å². The fraction of sp³-hybridized carbons (Fsp3) is 0.321. The predicted molar refractivity (Wildman–Crippen MR) is 145 cm³/mol. The van der Waals surface area contributed by atoms with Crippen LogP contribution in [0.2, 0.25) is 0 Å². The normalized spacial score (nSPS) is 18.3. The number of aryl methyl sites for hydroxylation is 1. The number of aliphatic carboxylic acids is 1. The molecule has 4 aromatic rings. The van der Waals surface area contributed by atoms with Crippen molar-refractivity contribution < 1.29 is 9.90 Å². The van der Waals surface area contributed by atoms with Crippen LogP contribution in [0, 0.1) is 6.92 Å². The van der Waals surface area contributed by atoms with E-state index in [1.807, 2.05) is 62.1 Å². The van der Waals surface area contributed by atoms with Crippen molar-refractivity contribution in [2.24, 2.45) is 0 Å².